The van der Waals surface area contributed by atoms with Crippen LogP contribution < -0.4 is 0 Å². The number of rotatable bonds is 2. The smallest absolute Gasteiger partial charge is 0.261 e. The highest BCUT2D eigenvalue weighted by atomic mass is 16.2. The summed E-state index contributed by atoms with van der Waals surface area (Å²) in [5.41, 5.74) is 1.11. The van der Waals surface area contributed by atoms with Crippen molar-refractivity contribution in [3.8, 4) is 0 Å². The molecule has 1 aliphatic carbocycles. The second-order valence-corrected chi connectivity index (χ2v) is 4.74. The maximum absolute atomic E-state index is 12.0. The summed E-state index contributed by atoms with van der Waals surface area (Å²) >= 11 is 0. The molecule has 1 aromatic carbocycles. The fourth-order valence-corrected chi connectivity index (χ4v) is 2.29. The summed E-state index contributed by atoms with van der Waals surface area (Å²) in [6.45, 7) is 2.75. The lowest BCUT2D eigenvalue weighted by atomic mass is 10.1. The molecule has 2 atom stereocenters. The summed E-state index contributed by atoms with van der Waals surface area (Å²) in [7, 11) is 0. The molecular formula is C13H13NO2. The van der Waals surface area contributed by atoms with Crippen molar-refractivity contribution in [3.05, 3.63) is 35.4 Å². The first-order valence-electron chi connectivity index (χ1n) is 5.63. The van der Waals surface area contributed by atoms with Gasteiger partial charge in [0.25, 0.3) is 11.8 Å². The van der Waals surface area contributed by atoms with Crippen LogP contribution in [0.4, 0.5) is 0 Å². The second-order valence-electron chi connectivity index (χ2n) is 4.74. The van der Waals surface area contributed by atoms with Crippen molar-refractivity contribution in [3.63, 3.8) is 0 Å². The first-order chi connectivity index (χ1) is 7.68. The third-order valence-electron chi connectivity index (χ3n) is 3.57. The number of nitrogens with zero attached hydrogens (tertiary/aromatic N) is 1. The van der Waals surface area contributed by atoms with Gasteiger partial charge in [0, 0.05) is 6.54 Å². The van der Waals surface area contributed by atoms with Gasteiger partial charge < -0.3 is 0 Å². The quantitative estimate of drug-likeness (QED) is 0.707. The van der Waals surface area contributed by atoms with Crippen LogP contribution in [0, 0.1) is 11.8 Å². The zero-order chi connectivity index (χ0) is 11.3. The molecular weight excluding hydrogens is 202 g/mol. The third-order valence-corrected chi connectivity index (χ3v) is 3.57. The Balaban J connectivity index is 1.89. The van der Waals surface area contributed by atoms with Crippen LogP contribution in [0.25, 0.3) is 0 Å². The third kappa shape index (κ3) is 1.28. The van der Waals surface area contributed by atoms with E-state index in [1.54, 1.807) is 24.3 Å². The molecule has 3 nitrogen and oxygen atoms in total. The number of carbonyl (C=O) groups excluding carboxylic acids is 2. The molecule has 2 unspecified atom stereocenters. The number of imide groups is 1. The molecule has 1 aliphatic heterocycles. The molecule has 3 rings (SSSR count). The van der Waals surface area contributed by atoms with Gasteiger partial charge in [-0.3, -0.25) is 14.5 Å². The van der Waals surface area contributed by atoms with Crippen LogP contribution in [-0.4, -0.2) is 23.3 Å². The molecule has 0 bridgehead atoms. The minimum atomic E-state index is -0.125. The standard InChI is InChI=1S/C13H13NO2/c1-8-6-9(8)7-14-12(15)10-4-2-3-5-11(10)13(14)16/h2-5,8-9H,6-7H2,1H3. The highest BCUT2D eigenvalue weighted by Crippen LogP contribution is 2.39. The van der Waals surface area contributed by atoms with Gasteiger partial charge in [0.1, 0.15) is 0 Å². The van der Waals surface area contributed by atoms with Crippen molar-refractivity contribution in [2.75, 3.05) is 6.54 Å². The predicted octanol–water partition coefficient (Wildman–Crippen LogP) is 1.94. The summed E-state index contributed by atoms with van der Waals surface area (Å²) < 4.78 is 0. The van der Waals surface area contributed by atoms with E-state index in [4.69, 9.17) is 0 Å². The van der Waals surface area contributed by atoms with Gasteiger partial charge in [-0.1, -0.05) is 19.1 Å². The predicted molar refractivity (Wildman–Crippen MR) is 59.1 cm³/mol. The maximum atomic E-state index is 12.0. The molecule has 3 heteroatoms. The first-order valence-corrected chi connectivity index (χ1v) is 5.63. The van der Waals surface area contributed by atoms with E-state index < -0.39 is 0 Å². The molecule has 82 valence electrons. The van der Waals surface area contributed by atoms with E-state index in [-0.39, 0.29) is 11.8 Å². The number of benzene rings is 1. The summed E-state index contributed by atoms with van der Waals surface area (Å²) in [5, 5.41) is 0. The average molecular weight is 215 g/mol. The zero-order valence-corrected chi connectivity index (χ0v) is 9.14. The highest BCUT2D eigenvalue weighted by Gasteiger charge is 2.41. The van der Waals surface area contributed by atoms with Gasteiger partial charge >= 0.3 is 0 Å². The van der Waals surface area contributed by atoms with E-state index in [9.17, 15) is 9.59 Å². The molecule has 0 radical (unpaired) electrons. The minimum Gasteiger partial charge on any atom is -0.274 e. The van der Waals surface area contributed by atoms with Crippen LogP contribution in [0.5, 0.6) is 0 Å². The Morgan fingerprint density at radius 3 is 2.12 bits per heavy atom. The Morgan fingerprint density at radius 2 is 1.69 bits per heavy atom. The van der Waals surface area contributed by atoms with Crippen LogP contribution >= 0.6 is 0 Å². The lowest BCUT2D eigenvalue weighted by Gasteiger charge is -2.12. The number of amides is 2. The van der Waals surface area contributed by atoms with E-state index in [2.05, 4.69) is 6.92 Å². The van der Waals surface area contributed by atoms with E-state index in [1.807, 2.05) is 0 Å². The molecule has 2 amide bonds. The number of hydrogen-bond acceptors (Lipinski definition) is 2. The van der Waals surface area contributed by atoms with Crippen LogP contribution in [0.1, 0.15) is 34.1 Å². The maximum Gasteiger partial charge on any atom is 0.261 e. The van der Waals surface area contributed by atoms with Gasteiger partial charge in [-0.05, 0) is 30.4 Å². The van der Waals surface area contributed by atoms with Crippen molar-refractivity contribution in [2.24, 2.45) is 11.8 Å². The SMILES string of the molecule is CC1CC1CN1C(=O)c2ccccc2C1=O. The Labute approximate surface area is 94.1 Å². The Hall–Kier alpha value is -1.64. The molecule has 0 spiro atoms. The fourth-order valence-electron chi connectivity index (χ4n) is 2.29. The summed E-state index contributed by atoms with van der Waals surface area (Å²) in [5.74, 6) is 0.922. The van der Waals surface area contributed by atoms with Gasteiger partial charge in [0.05, 0.1) is 11.1 Å². The van der Waals surface area contributed by atoms with Crippen LogP contribution in [-0.2, 0) is 0 Å². The molecule has 1 aromatic rings. The lowest BCUT2D eigenvalue weighted by Crippen LogP contribution is -2.31. The van der Waals surface area contributed by atoms with Crippen LogP contribution in [0.15, 0.2) is 24.3 Å². The van der Waals surface area contributed by atoms with E-state index in [0.29, 0.717) is 29.5 Å². The number of fused-ring (bicyclic) bond motifs is 1. The monoisotopic (exact) mass is 215 g/mol. The second kappa shape index (κ2) is 3.17. The normalized spacial score (nSPS) is 27.2. The topological polar surface area (TPSA) is 37.4 Å². The van der Waals surface area contributed by atoms with Crippen molar-refractivity contribution in [2.45, 2.75) is 13.3 Å². The largest absolute Gasteiger partial charge is 0.274 e. The molecule has 0 saturated heterocycles. The van der Waals surface area contributed by atoms with Crippen molar-refractivity contribution >= 4 is 11.8 Å². The van der Waals surface area contributed by atoms with Gasteiger partial charge in [-0.2, -0.15) is 0 Å². The first kappa shape index (κ1) is 9.58. The molecule has 2 aliphatic rings. The summed E-state index contributed by atoms with van der Waals surface area (Å²) in [4.78, 5) is 25.4. The van der Waals surface area contributed by atoms with E-state index >= 15 is 0 Å². The van der Waals surface area contributed by atoms with Crippen molar-refractivity contribution < 1.29 is 9.59 Å². The molecule has 1 fully saturated rings. The molecule has 0 aromatic heterocycles. The van der Waals surface area contributed by atoms with Crippen LogP contribution in [0.2, 0.25) is 0 Å². The average Bonchev–Trinajstić information content (AvgIpc) is 2.94. The Bertz CT molecular complexity index is 446. The van der Waals surface area contributed by atoms with E-state index in [0.717, 1.165) is 6.42 Å². The minimum absolute atomic E-state index is 0.125. The Morgan fingerprint density at radius 1 is 1.19 bits per heavy atom. The van der Waals surface area contributed by atoms with Crippen LogP contribution in [0.3, 0.4) is 0 Å². The molecule has 16 heavy (non-hydrogen) atoms. The molecule has 1 heterocycles. The zero-order valence-electron chi connectivity index (χ0n) is 9.14. The number of carbonyl (C=O) groups is 2. The fraction of sp³-hybridized carbons (Fsp3) is 0.385. The summed E-state index contributed by atoms with van der Waals surface area (Å²) in [6, 6.07) is 7.05. The molecule has 1 saturated carbocycles. The summed E-state index contributed by atoms with van der Waals surface area (Å²) in [6.07, 6.45) is 1.13. The van der Waals surface area contributed by atoms with Gasteiger partial charge in [-0.25, -0.2) is 0 Å². The van der Waals surface area contributed by atoms with E-state index in [1.165, 1.54) is 4.90 Å². The highest BCUT2D eigenvalue weighted by molar-refractivity contribution is 6.21. The van der Waals surface area contributed by atoms with Gasteiger partial charge in [0.2, 0.25) is 0 Å². The van der Waals surface area contributed by atoms with Crippen molar-refractivity contribution in [1.29, 1.82) is 0 Å². The Kier molecular flexibility index (Phi) is 1.90. The lowest BCUT2D eigenvalue weighted by molar-refractivity contribution is 0.0645. The van der Waals surface area contributed by atoms with Crippen molar-refractivity contribution in [1.82, 2.24) is 4.90 Å². The van der Waals surface area contributed by atoms with Gasteiger partial charge in [-0.15, -0.1) is 0 Å². The number of hydrogen-bond donors (Lipinski definition) is 0. The molecule has 0 N–H and O–H groups in total. The van der Waals surface area contributed by atoms with Gasteiger partial charge in [0.15, 0.2) is 0 Å².